The molecule has 0 bridgehead atoms. The van der Waals surface area contributed by atoms with E-state index in [4.69, 9.17) is 16.3 Å². The molecule has 1 aromatic carbocycles. The largest absolute Gasteiger partial charge is 0.481 e. The number of allylic oxidation sites excluding steroid dienone is 4. The number of rotatable bonds is 10. The molecule has 5 saturated carbocycles. The summed E-state index contributed by atoms with van der Waals surface area (Å²) in [5.74, 6) is 0.284. The molecule has 0 aromatic heterocycles. The summed E-state index contributed by atoms with van der Waals surface area (Å²) in [6.07, 6.45) is 14.5. The first-order valence-electron chi connectivity index (χ1n) is 21.2. The number of ether oxygens (including phenoxy) is 1. The lowest BCUT2D eigenvalue weighted by Gasteiger charge is -2.72. The fraction of sp³-hybridized carbons (Fsp3) is 0.708. The van der Waals surface area contributed by atoms with Gasteiger partial charge in [0, 0.05) is 34.1 Å². The van der Waals surface area contributed by atoms with E-state index in [0.717, 1.165) is 75.3 Å². The Morgan fingerprint density at radius 3 is 2.27 bits per heavy atom. The molecule has 0 saturated heterocycles. The summed E-state index contributed by atoms with van der Waals surface area (Å²) in [5, 5.41) is 10.3. The monoisotopic (exact) mass is 772 g/mol. The van der Waals surface area contributed by atoms with Gasteiger partial charge in [-0.05, 0) is 153 Å². The van der Waals surface area contributed by atoms with E-state index in [-0.39, 0.29) is 63.0 Å². The minimum atomic E-state index is -1.17. The van der Waals surface area contributed by atoms with Crippen LogP contribution in [0.1, 0.15) is 151 Å². The third-order valence-electron chi connectivity index (χ3n) is 17.3. The van der Waals surface area contributed by atoms with Gasteiger partial charge in [-0.1, -0.05) is 78.3 Å². The summed E-state index contributed by atoms with van der Waals surface area (Å²) in [5.41, 5.74) is 1.74. The molecule has 8 atom stereocenters. The van der Waals surface area contributed by atoms with Gasteiger partial charge in [-0.2, -0.15) is 0 Å². The maximum Gasteiger partial charge on any atom is 0.309 e. The Morgan fingerprint density at radius 2 is 1.64 bits per heavy atom. The number of hydrogen-bond acceptors (Lipinski definition) is 5. The number of fused-ring (bicyclic) bond motifs is 7. The summed E-state index contributed by atoms with van der Waals surface area (Å²) in [4.78, 5) is 52.8. The molecule has 55 heavy (non-hydrogen) atoms. The van der Waals surface area contributed by atoms with Crippen LogP contribution < -0.4 is 0 Å². The fourth-order valence-corrected chi connectivity index (χ4v) is 14.1. The standard InChI is InChI=1S/C48H65ClO6/c1-29(2)39-34(51)27-48(20-15-32(50)26-47(23-24-47)30-11-10-12-31(49)25-30)22-21-45(8)33(40(39)48)13-14-36-44(7)18-17-37(55-38(52)28-42(3,4)41(53)54)43(5,6)35(44)16-19-46(36,45)9/h10-12,15,20,25,29,33,35-37H,13-14,16-19,21-24,26-28H2,1-9H3,(H,53,54)/b20-15+/t33-,35+,36-,37+,44+,45-,46-,48+/m1/s1. The molecule has 7 rings (SSSR count). The Morgan fingerprint density at radius 1 is 0.927 bits per heavy atom. The number of benzene rings is 1. The number of halogens is 1. The Kier molecular flexibility index (Phi) is 9.87. The van der Waals surface area contributed by atoms with Crippen LogP contribution in [0.4, 0.5) is 0 Å². The van der Waals surface area contributed by atoms with E-state index in [9.17, 15) is 24.3 Å². The van der Waals surface area contributed by atoms with E-state index in [1.807, 2.05) is 24.3 Å². The number of Topliss-reactive ketones (excluding diaryl/α,β-unsaturated/α-hetero) is 1. The molecule has 6 aliphatic carbocycles. The van der Waals surface area contributed by atoms with E-state index in [1.165, 1.54) is 5.57 Å². The number of carboxylic acid groups (broad SMARTS) is 1. The van der Waals surface area contributed by atoms with Gasteiger partial charge in [-0.3, -0.25) is 19.2 Å². The Labute approximate surface area is 334 Å². The van der Waals surface area contributed by atoms with Crippen LogP contribution in [0, 0.1) is 56.2 Å². The maximum atomic E-state index is 14.1. The van der Waals surface area contributed by atoms with Crippen LogP contribution in [-0.2, 0) is 29.3 Å². The van der Waals surface area contributed by atoms with Gasteiger partial charge in [0.2, 0.25) is 0 Å². The molecule has 0 spiro atoms. The predicted molar refractivity (Wildman–Crippen MR) is 216 cm³/mol. The van der Waals surface area contributed by atoms with Crippen molar-refractivity contribution in [1.82, 2.24) is 0 Å². The van der Waals surface area contributed by atoms with E-state index >= 15 is 0 Å². The molecule has 300 valence electrons. The zero-order valence-electron chi connectivity index (χ0n) is 34.9. The Balaban J connectivity index is 1.15. The molecular formula is C48H65ClO6. The lowest BCUT2D eigenvalue weighted by molar-refractivity contribution is -0.232. The van der Waals surface area contributed by atoms with Crippen molar-refractivity contribution in [3.05, 3.63) is 58.1 Å². The number of carbonyl (C=O) groups is 4. The molecule has 0 radical (unpaired) electrons. The maximum absolute atomic E-state index is 14.1. The van der Waals surface area contributed by atoms with Gasteiger partial charge in [0.15, 0.2) is 11.6 Å². The van der Waals surface area contributed by atoms with Crippen LogP contribution in [-0.4, -0.2) is 34.7 Å². The highest BCUT2D eigenvalue weighted by Crippen LogP contribution is 2.77. The lowest BCUT2D eigenvalue weighted by Crippen LogP contribution is -2.65. The molecule has 1 N–H and O–H groups in total. The molecule has 0 heterocycles. The van der Waals surface area contributed by atoms with E-state index < -0.39 is 22.8 Å². The summed E-state index contributed by atoms with van der Waals surface area (Å²) in [6, 6.07) is 7.97. The molecule has 7 heteroatoms. The highest BCUT2D eigenvalue weighted by Gasteiger charge is 2.70. The van der Waals surface area contributed by atoms with Gasteiger partial charge in [0.25, 0.3) is 0 Å². The Bertz CT molecular complexity index is 1850. The highest BCUT2D eigenvalue weighted by atomic mass is 35.5. The minimum absolute atomic E-state index is 0.00581. The van der Waals surface area contributed by atoms with E-state index in [0.29, 0.717) is 29.7 Å². The predicted octanol–water partition coefficient (Wildman–Crippen LogP) is 11.3. The van der Waals surface area contributed by atoms with Crippen LogP contribution in [0.2, 0.25) is 5.02 Å². The smallest absolute Gasteiger partial charge is 0.309 e. The Hall–Kier alpha value is -2.73. The van der Waals surface area contributed by atoms with Gasteiger partial charge in [-0.25, -0.2) is 0 Å². The quantitative estimate of drug-likeness (QED) is 0.188. The second-order valence-corrected chi connectivity index (χ2v) is 21.8. The third kappa shape index (κ3) is 6.33. The topological polar surface area (TPSA) is 97.7 Å². The van der Waals surface area contributed by atoms with Crippen molar-refractivity contribution >= 4 is 35.1 Å². The molecule has 5 fully saturated rings. The summed E-state index contributed by atoms with van der Waals surface area (Å²) in [7, 11) is 0. The average Bonchev–Trinajstić information content (AvgIpc) is 3.80. The molecule has 1 aromatic rings. The van der Waals surface area contributed by atoms with Crippen LogP contribution >= 0.6 is 11.6 Å². The van der Waals surface area contributed by atoms with Crippen molar-refractivity contribution in [2.75, 3.05) is 0 Å². The molecule has 0 unspecified atom stereocenters. The van der Waals surface area contributed by atoms with Crippen LogP contribution in [0.25, 0.3) is 0 Å². The van der Waals surface area contributed by atoms with Crippen molar-refractivity contribution in [3.8, 4) is 0 Å². The number of ketones is 2. The van der Waals surface area contributed by atoms with Crippen LogP contribution in [0.15, 0.2) is 47.6 Å². The molecular weight excluding hydrogens is 708 g/mol. The number of aliphatic carboxylic acids is 1. The zero-order chi connectivity index (χ0) is 40.1. The van der Waals surface area contributed by atoms with Gasteiger partial charge in [-0.15, -0.1) is 0 Å². The highest BCUT2D eigenvalue weighted by molar-refractivity contribution is 6.30. The molecule has 6 aliphatic rings. The first kappa shape index (κ1) is 40.5. The lowest BCUT2D eigenvalue weighted by atomic mass is 9.33. The summed E-state index contributed by atoms with van der Waals surface area (Å²) in [6.45, 7) is 19.7. The third-order valence-corrected chi connectivity index (χ3v) is 17.5. The summed E-state index contributed by atoms with van der Waals surface area (Å²) < 4.78 is 6.18. The first-order chi connectivity index (χ1) is 25.6. The molecule has 0 amide bonds. The normalized spacial score (nSPS) is 37.5. The number of carbonyl (C=O) groups excluding carboxylic acids is 3. The second kappa shape index (κ2) is 13.4. The fourth-order valence-electron chi connectivity index (χ4n) is 13.9. The summed E-state index contributed by atoms with van der Waals surface area (Å²) >= 11 is 6.34. The van der Waals surface area contributed by atoms with Gasteiger partial charge >= 0.3 is 11.9 Å². The first-order valence-corrected chi connectivity index (χ1v) is 21.6. The average molecular weight is 773 g/mol. The zero-order valence-corrected chi connectivity index (χ0v) is 35.7. The SMILES string of the molecule is CC(C)C1=C2[C@H]3CC[C@@H]4[C@@]5(C)CC[C@H](OC(=O)CC(C)(C)C(=O)O)C(C)(C)[C@@H]5CC[C@@]4(C)[C@]3(C)CC[C@@]2(/C=C/C(=O)CC2(c3cccc(Cl)c3)CC2)CC1=O. The molecule has 0 aliphatic heterocycles. The van der Waals surface area contributed by atoms with Crippen molar-refractivity contribution in [1.29, 1.82) is 0 Å². The van der Waals surface area contributed by atoms with Crippen LogP contribution in [0.5, 0.6) is 0 Å². The van der Waals surface area contributed by atoms with Crippen LogP contribution in [0.3, 0.4) is 0 Å². The van der Waals surface area contributed by atoms with Crippen molar-refractivity contribution < 1.29 is 29.0 Å². The van der Waals surface area contributed by atoms with E-state index in [2.05, 4.69) is 60.6 Å². The number of carboxylic acids is 1. The van der Waals surface area contributed by atoms with Gasteiger partial charge < -0.3 is 9.84 Å². The van der Waals surface area contributed by atoms with Crippen molar-refractivity contribution in [2.24, 2.45) is 56.2 Å². The number of hydrogen-bond donors (Lipinski definition) is 1. The second-order valence-electron chi connectivity index (χ2n) is 21.3. The van der Waals surface area contributed by atoms with Crippen molar-refractivity contribution in [2.45, 2.75) is 157 Å². The van der Waals surface area contributed by atoms with Gasteiger partial charge in [0.05, 0.1) is 11.8 Å². The van der Waals surface area contributed by atoms with Gasteiger partial charge in [0.1, 0.15) is 6.10 Å². The van der Waals surface area contributed by atoms with E-state index in [1.54, 1.807) is 13.8 Å². The van der Waals surface area contributed by atoms with Crippen molar-refractivity contribution in [3.63, 3.8) is 0 Å². The minimum Gasteiger partial charge on any atom is -0.481 e. The molecule has 6 nitrogen and oxygen atoms in total. The number of esters is 1.